The average molecular weight is 229 g/mol. The Morgan fingerprint density at radius 3 is 2.47 bits per heavy atom. The lowest BCUT2D eigenvalue weighted by molar-refractivity contribution is 0.544. The second-order valence-corrected chi connectivity index (χ2v) is 5.38. The normalized spacial score (nSPS) is 14.7. The van der Waals surface area contributed by atoms with E-state index in [2.05, 4.69) is 46.1 Å². The SMILES string of the molecule is C/C=C(/SCC(CCCC)NC)C(C)C. The molecule has 0 amide bonds. The molecule has 0 saturated heterocycles. The van der Waals surface area contributed by atoms with Crippen molar-refractivity contribution >= 4 is 11.8 Å². The predicted octanol–water partition coefficient (Wildman–Crippen LogP) is 4.06. The minimum Gasteiger partial charge on any atom is -0.316 e. The summed E-state index contributed by atoms with van der Waals surface area (Å²) in [5.74, 6) is 1.87. The molecule has 0 aromatic carbocycles. The highest BCUT2D eigenvalue weighted by Gasteiger charge is 2.08. The lowest BCUT2D eigenvalue weighted by atomic mass is 10.1. The highest BCUT2D eigenvalue weighted by Crippen LogP contribution is 2.25. The maximum atomic E-state index is 3.41. The Morgan fingerprint density at radius 1 is 1.40 bits per heavy atom. The van der Waals surface area contributed by atoms with E-state index in [1.807, 2.05) is 11.8 Å². The molecule has 0 aromatic heterocycles. The number of nitrogens with one attached hydrogen (secondary N) is 1. The van der Waals surface area contributed by atoms with Crippen molar-refractivity contribution in [3.63, 3.8) is 0 Å². The van der Waals surface area contributed by atoms with Gasteiger partial charge in [0.15, 0.2) is 0 Å². The number of hydrogen-bond acceptors (Lipinski definition) is 2. The molecule has 2 heteroatoms. The molecule has 0 aliphatic rings. The fraction of sp³-hybridized carbons (Fsp3) is 0.846. The lowest BCUT2D eigenvalue weighted by Gasteiger charge is -2.17. The first-order valence-electron chi connectivity index (χ1n) is 6.11. The van der Waals surface area contributed by atoms with E-state index in [0.717, 1.165) is 0 Å². The summed E-state index contributed by atoms with van der Waals surface area (Å²) in [6.07, 6.45) is 6.18. The number of thioether (sulfide) groups is 1. The quantitative estimate of drug-likeness (QED) is 0.673. The highest BCUT2D eigenvalue weighted by molar-refractivity contribution is 8.03. The number of hydrogen-bond donors (Lipinski definition) is 1. The molecule has 0 aromatic rings. The van der Waals surface area contributed by atoms with E-state index in [1.165, 1.54) is 29.9 Å². The molecule has 1 atom stereocenters. The molecule has 0 heterocycles. The van der Waals surface area contributed by atoms with Crippen molar-refractivity contribution in [2.45, 2.75) is 53.0 Å². The van der Waals surface area contributed by atoms with Crippen LogP contribution in [0, 0.1) is 5.92 Å². The molecule has 1 nitrogen and oxygen atoms in total. The third-order valence-electron chi connectivity index (χ3n) is 2.62. The minimum atomic E-state index is 0.670. The summed E-state index contributed by atoms with van der Waals surface area (Å²) in [4.78, 5) is 1.52. The molecule has 0 aliphatic carbocycles. The van der Waals surface area contributed by atoms with Gasteiger partial charge in [0.25, 0.3) is 0 Å². The molecular formula is C13H27NS. The molecule has 0 radical (unpaired) electrons. The van der Waals surface area contributed by atoms with Crippen LogP contribution in [0.2, 0.25) is 0 Å². The van der Waals surface area contributed by atoms with E-state index in [9.17, 15) is 0 Å². The zero-order valence-corrected chi connectivity index (χ0v) is 11.8. The largest absolute Gasteiger partial charge is 0.316 e. The lowest BCUT2D eigenvalue weighted by Crippen LogP contribution is -2.27. The Morgan fingerprint density at radius 2 is 2.07 bits per heavy atom. The third kappa shape index (κ3) is 7.02. The first-order chi connectivity index (χ1) is 7.15. The van der Waals surface area contributed by atoms with Crippen LogP contribution >= 0.6 is 11.8 Å². The van der Waals surface area contributed by atoms with Gasteiger partial charge in [-0.2, -0.15) is 0 Å². The zero-order chi connectivity index (χ0) is 11.7. The fourth-order valence-electron chi connectivity index (χ4n) is 1.54. The van der Waals surface area contributed by atoms with Crippen molar-refractivity contribution < 1.29 is 0 Å². The standard InChI is InChI=1S/C13H27NS/c1-6-8-9-12(14-5)10-15-13(7-2)11(3)4/h7,11-12,14H,6,8-10H2,1-5H3/b13-7+. The average Bonchev–Trinajstić information content (AvgIpc) is 2.23. The molecule has 0 rings (SSSR count). The Bertz CT molecular complexity index is 175. The smallest absolute Gasteiger partial charge is 0.0158 e. The van der Waals surface area contributed by atoms with Crippen LogP contribution in [0.4, 0.5) is 0 Å². The molecule has 0 saturated carbocycles. The second kappa shape index (κ2) is 9.29. The van der Waals surface area contributed by atoms with Gasteiger partial charge in [-0.05, 0) is 31.2 Å². The van der Waals surface area contributed by atoms with Gasteiger partial charge in [-0.15, -0.1) is 11.8 Å². The number of unbranched alkanes of at least 4 members (excludes halogenated alkanes) is 1. The van der Waals surface area contributed by atoms with Gasteiger partial charge in [0.05, 0.1) is 0 Å². The summed E-state index contributed by atoms with van der Waals surface area (Å²) in [6.45, 7) is 8.93. The first kappa shape index (κ1) is 15.0. The van der Waals surface area contributed by atoms with Crippen molar-refractivity contribution in [2.75, 3.05) is 12.8 Å². The summed E-state index contributed by atoms with van der Waals surface area (Å²) < 4.78 is 0. The van der Waals surface area contributed by atoms with E-state index < -0.39 is 0 Å². The van der Waals surface area contributed by atoms with E-state index >= 15 is 0 Å². The topological polar surface area (TPSA) is 12.0 Å². The second-order valence-electron chi connectivity index (χ2n) is 4.28. The molecule has 0 spiro atoms. The van der Waals surface area contributed by atoms with Crippen molar-refractivity contribution in [1.82, 2.24) is 5.32 Å². The van der Waals surface area contributed by atoms with Gasteiger partial charge < -0.3 is 5.32 Å². The Labute approximate surface area is 100 Å². The summed E-state index contributed by atoms with van der Waals surface area (Å²) in [5.41, 5.74) is 0. The van der Waals surface area contributed by atoms with Crippen molar-refractivity contribution in [3.8, 4) is 0 Å². The molecule has 90 valence electrons. The summed E-state index contributed by atoms with van der Waals surface area (Å²) in [5, 5.41) is 3.41. The maximum absolute atomic E-state index is 3.41. The first-order valence-corrected chi connectivity index (χ1v) is 7.10. The van der Waals surface area contributed by atoms with Crippen molar-refractivity contribution in [1.29, 1.82) is 0 Å². The van der Waals surface area contributed by atoms with Crippen LogP contribution in [-0.4, -0.2) is 18.8 Å². The molecule has 15 heavy (non-hydrogen) atoms. The molecular weight excluding hydrogens is 202 g/mol. The van der Waals surface area contributed by atoms with Crippen LogP contribution in [0.3, 0.4) is 0 Å². The maximum Gasteiger partial charge on any atom is 0.0158 e. The van der Waals surface area contributed by atoms with Gasteiger partial charge in [0.2, 0.25) is 0 Å². The highest BCUT2D eigenvalue weighted by atomic mass is 32.2. The van der Waals surface area contributed by atoms with E-state index in [4.69, 9.17) is 0 Å². The van der Waals surface area contributed by atoms with Crippen LogP contribution < -0.4 is 5.32 Å². The molecule has 0 aliphatic heterocycles. The Kier molecular flexibility index (Phi) is 9.32. The van der Waals surface area contributed by atoms with Gasteiger partial charge in [-0.3, -0.25) is 0 Å². The molecule has 1 N–H and O–H groups in total. The Balaban J connectivity index is 3.88. The van der Waals surface area contributed by atoms with Crippen LogP contribution in [0.15, 0.2) is 11.0 Å². The van der Waals surface area contributed by atoms with Crippen LogP contribution in [0.25, 0.3) is 0 Å². The van der Waals surface area contributed by atoms with Gasteiger partial charge in [0, 0.05) is 11.8 Å². The summed E-state index contributed by atoms with van der Waals surface area (Å²) >= 11 is 2.01. The van der Waals surface area contributed by atoms with Gasteiger partial charge in [-0.25, -0.2) is 0 Å². The van der Waals surface area contributed by atoms with Crippen LogP contribution in [0.1, 0.15) is 47.0 Å². The fourth-order valence-corrected chi connectivity index (χ4v) is 2.77. The number of allylic oxidation sites excluding steroid dienone is 2. The third-order valence-corrected chi connectivity index (χ3v) is 4.23. The minimum absolute atomic E-state index is 0.670. The molecule has 1 unspecified atom stereocenters. The monoisotopic (exact) mass is 229 g/mol. The van der Waals surface area contributed by atoms with E-state index in [1.54, 1.807) is 0 Å². The zero-order valence-electron chi connectivity index (χ0n) is 11.0. The van der Waals surface area contributed by atoms with Crippen molar-refractivity contribution in [3.05, 3.63) is 11.0 Å². The molecule has 0 bridgehead atoms. The van der Waals surface area contributed by atoms with Crippen LogP contribution in [-0.2, 0) is 0 Å². The van der Waals surface area contributed by atoms with Gasteiger partial charge in [0.1, 0.15) is 0 Å². The van der Waals surface area contributed by atoms with E-state index in [-0.39, 0.29) is 0 Å². The van der Waals surface area contributed by atoms with Crippen molar-refractivity contribution in [2.24, 2.45) is 5.92 Å². The van der Waals surface area contributed by atoms with Gasteiger partial charge in [-0.1, -0.05) is 39.7 Å². The molecule has 0 fully saturated rings. The summed E-state index contributed by atoms with van der Waals surface area (Å²) in [7, 11) is 2.07. The predicted molar refractivity (Wildman–Crippen MR) is 73.4 cm³/mol. The van der Waals surface area contributed by atoms with E-state index in [0.29, 0.717) is 12.0 Å². The Hall–Kier alpha value is 0.0500. The summed E-state index contributed by atoms with van der Waals surface area (Å²) in [6, 6.07) is 0.670. The van der Waals surface area contributed by atoms with Crippen LogP contribution in [0.5, 0.6) is 0 Å². The number of rotatable bonds is 8. The van der Waals surface area contributed by atoms with Gasteiger partial charge >= 0.3 is 0 Å².